The topological polar surface area (TPSA) is 117 Å². The summed E-state index contributed by atoms with van der Waals surface area (Å²) < 4.78 is 7.10. The van der Waals surface area contributed by atoms with Crippen LogP contribution in [-0.2, 0) is 4.74 Å². The van der Waals surface area contributed by atoms with Crippen molar-refractivity contribution < 1.29 is 20.1 Å². The molecule has 0 radical (unpaired) electrons. The van der Waals surface area contributed by atoms with Crippen molar-refractivity contribution in [2.24, 2.45) is 0 Å². The van der Waals surface area contributed by atoms with Gasteiger partial charge in [-0.15, -0.1) is 0 Å². The number of imidazole rings is 1. The minimum atomic E-state index is -1.17. The summed E-state index contributed by atoms with van der Waals surface area (Å²) in [4.78, 5) is 14.9. The van der Waals surface area contributed by atoms with E-state index < -0.39 is 24.5 Å². The van der Waals surface area contributed by atoms with E-state index in [-0.39, 0.29) is 6.61 Å². The van der Waals surface area contributed by atoms with Crippen LogP contribution in [0.2, 0.25) is 0 Å². The average Bonchev–Trinajstić information content (AvgIpc) is 3.11. The van der Waals surface area contributed by atoms with Gasteiger partial charge in [-0.25, -0.2) is 15.0 Å². The molecule has 1 aliphatic heterocycles. The predicted octanol–water partition coefficient (Wildman–Crippen LogP) is -0.716. The van der Waals surface area contributed by atoms with Gasteiger partial charge in [-0.05, 0) is 13.8 Å². The van der Waals surface area contributed by atoms with Gasteiger partial charge in [0.25, 0.3) is 0 Å². The lowest BCUT2D eigenvalue weighted by molar-refractivity contribution is -0.0511. The first kappa shape index (κ1) is 16.1. The van der Waals surface area contributed by atoms with Crippen molar-refractivity contribution in [2.45, 2.75) is 38.4 Å². The Kier molecular flexibility index (Phi) is 4.44. The molecule has 0 spiro atoms. The van der Waals surface area contributed by atoms with Gasteiger partial charge in [-0.1, -0.05) is 0 Å². The Hall–Kier alpha value is -1.81. The molecule has 1 aliphatic rings. The van der Waals surface area contributed by atoms with Crippen LogP contribution in [0.1, 0.15) is 20.1 Å². The number of aliphatic hydroxyl groups excluding tert-OH is 3. The van der Waals surface area contributed by atoms with Gasteiger partial charge in [0.2, 0.25) is 0 Å². The first-order valence-corrected chi connectivity index (χ1v) is 7.67. The molecule has 1 fully saturated rings. The first-order chi connectivity index (χ1) is 11.1. The molecule has 3 heterocycles. The smallest absolute Gasteiger partial charge is 0.167 e. The number of nitrogens with zero attached hydrogens (tertiary/aromatic N) is 5. The molecule has 3 N–H and O–H groups in total. The molecule has 9 nitrogen and oxygen atoms in total. The third kappa shape index (κ3) is 2.55. The minimum Gasteiger partial charge on any atom is -0.394 e. The Labute approximate surface area is 133 Å². The lowest BCUT2D eigenvalue weighted by atomic mass is 10.1. The molecule has 1 saturated heterocycles. The molecule has 0 unspecified atom stereocenters. The van der Waals surface area contributed by atoms with Crippen LogP contribution in [0, 0.1) is 0 Å². The van der Waals surface area contributed by atoms with E-state index in [0.29, 0.717) is 17.0 Å². The SMILES string of the molecule is CCN(CC)c1ncnc2c1ncn2[C@H]1O[C@@H](CO)[C@@H](O)[C@H]1O. The molecule has 4 atom stereocenters. The third-order valence-corrected chi connectivity index (χ3v) is 4.19. The van der Waals surface area contributed by atoms with E-state index >= 15 is 0 Å². The van der Waals surface area contributed by atoms with Gasteiger partial charge in [0.1, 0.15) is 24.6 Å². The van der Waals surface area contributed by atoms with E-state index in [4.69, 9.17) is 4.74 Å². The molecule has 0 aromatic carbocycles. The van der Waals surface area contributed by atoms with Crippen molar-refractivity contribution in [3.8, 4) is 0 Å². The summed E-state index contributed by atoms with van der Waals surface area (Å²) in [5.74, 6) is 0.713. The van der Waals surface area contributed by atoms with E-state index in [1.165, 1.54) is 12.7 Å². The number of anilines is 1. The van der Waals surface area contributed by atoms with Crippen LogP contribution >= 0.6 is 0 Å². The molecule has 9 heteroatoms. The number of aromatic nitrogens is 4. The zero-order valence-corrected chi connectivity index (χ0v) is 13.1. The maximum atomic E-state index is 10.2. The monoisotopic (exact) mass is 323 g/mol. The predicted molar refractivity (Wildman–Crippen MR) is 81.9 cm³/mol. The molecular formula is C14H21N5O4. The van der Waals surface area contributed by atoms with Crippen LogP contribution in [0.4, 0.5) is 5.82 Å². The number of fused-ring (bicyclic) bond motifs is 1. The second-order valence-electron chi connectivity index (χ2n) is 5.42. The molecule has 0 aliphatic carbocycles. The van der Waals surface area contributed by atoms with Crippen molar-refractivity contribution in [1.29, 1.82) is 0 Å². The quantitative estimate of drug-likeness (QED) is 0.660. The standard InChI is InChI=1S/C14H21N5O4/c1-3-18(4-2)12-9-13(16-6-15-12)19(7-17-9)14-11(22)10(21)8(5-20)23-14/h6-8,10-11,14,20-22H,3-5H2,1-2H3/t8-,10+,11+,14-/m0/s1. The third-order valence-electron chi connectivity index (χ3n) is 4.19. The number of hydrogen-bond donors (Lipinski definition) is 3. The summed E-state index contributed by atoms with van der Waals surface area (Å²) in [6.45, 7) is 5.24. The lowest BCUT2D eigenvalue weighted by Gasteiger charge is -2.20. The van der Waals surface area contributed by atoms with Crippen LogP contribution in [0.15, 0.2) is 12.7 Å². The van der Waals surface area contributed by atoms with Gasteiger partial charge in [0.15, 0.2) is 23.2 Å². The fraction of sp³-hybridized carbons (Fsp3) is 0.643. The van der Waals surface area contributed by atoms with Crippen LogP contribution < -0.4 is 4.90 Å². The number of aliphatic hydroxyl groups is 3. The average molecular weight is 323 g/mol. The number of hydrogen-bond acceptors (Lipinski definition) is 8. The summed E-state index contributed by atoms with van der Waals surface area (Å²) in [6, 6.07) is 0. The van der Waals surface area contributed by atoms with Gasteiger partial charge < -0.3 is 25.0 Å². The summed E-state index contributed by atoms with van der Waals surface area (Å²) in [5.41, 5.74) is 1.12. The van der Waals surface area contributed by atoms with E-state index in [1.54, 1.807) is 4.57 Å². The van der Waals surface area contributed by atoms with Gasteiger partial charge in [0.05, 0.1) is 12.9 Å². The van der Waals surface area contributed by atoms with Crippen LogP contribution in [0.5, 0.6) is 0 Å². The summed E-state index contributed by atoms with van der Waals surface area (Å²) in [7, 11) is 0. The van der Waals surface area contributed by atoms with Crippen molar-refractivity contribution >= 4 is 17.0 Å². The lowest BCUT2D eigenvalue weighted by Crippen LogP contribution is -2.33. The van der Waals surface area contributed by atoms with Gasteiger partial charge in [0, 0.05) is 13.1 Å². The molecule has 2 aromatic rings. The maximum Gasteiger partial charge on any atom is 0.167 e. The van der Waals surface area contributed by atoms with E-state index in [1.807, 2.05) is 13.8 Å². The molecule has 2 aromatic heterocycles. The summed E-state index contributed by atoms with van der Waals surface area (Å²) in [5, 5.41) is 29.3. The van der Waals surface area contributed by atoms with Crippen molar-refractivity contribution in [3.63, 3.8) is 0 Å². The van der Waals surface area contributed by atoms with Gasteiger partial charge in [-0.3, -0.25) is 4.57 Å². The van der Waals surface area contributed by atoms with E-state index in [0.717, 1.165) is 13.1 Å². The van der Waals surface area contributed by atoms with Crippen molar-refractivity contribution in [1.82, 2.24) is 19.5 Å². The van der Waals surface area contributed by atoms with Crippen LogP contribution in [0.25, 0.3) is 11.2 Å². The van der Waals surface area contributed by atoms with Crippen molar-refractivity contribution in [2.75, 3.05) is 24.6 Å². The van der Waals surface area contributed by atoms with E-state index in [2.05, 4.69) is 19.9 Å². The highest BCUT2D eigenvalue weighted by atomic mass is 16.6. The Morgan fingerprint density at radius 1 is 1.17 bits per heavy atom. The normalized spacial score (nSPS) is 27.7. The maximum absolute atomic E-state index is 10.2. The molecule has 0 saturated carbocycles. The number of ether oxygens (including phenoxy) is 1. The van der Waals surface area contributed by atoms with Crippen LogP contribution in [0.3, 0.4) is 0 Å². The first-order valence-electron chi connectivity index (χ1n) is 7.67. The fourth-order valence-electron chi connectivity index (χ4n) is 2.89. The fourth-order valence-corrected chi connectivity index (χ4v) is 2.89. The molecule has 126 valence electrons. The van der Waals surface area contributed by atoms with Gasteiger partial charge in [-0.2, -0.15) is 0 Å². The second-order valence-corrected chi connectivity index (χ2v) is 5.42. The minimum absolute atomic E-state index is 0.374. The highest BCUT2D eigenvalue weighted by molar-refractivity contribution is 5.83. The summed E-state index contributed by atoms with van der Waals surface area (Å²) >= 11 is 0. The zero-order valence-electron chi connectivity index (χ0n) is 13.1. The second kappa shape index (κ2) is 6.36. The number of rotatable bonds is 5. The molecular weight excluding hydrogens is 302 g/mol. The Morgan fingerprint density at radius 2 is 1.91 bits per heavy atom. The Morgan fingerprint density at radius 3 is 2.52 bits per heavy atom. The molecule has 23 heavy (non-hydrogen) atoms. The van der Waals surface area contributed by atoms with Crippen molar-refractivity contribution in [3.05, 3.63) is 12.7 Å². The van der Waals surface area contributed by atoms with E-state index in [9.17, 15) is 15.3 Å². The highest BCUT2D eigenvalue weighted by Crippen LogP contribution is 2.32. The highest BCUT2D eigenvalue weighted by Gasteiger charge is 2.44. The zero-order chi connectivity index (χ0) is 16.6. The molecule has 3 rings (SSSR count). The van der Waals surface area contributed by atoms with Gasteiger partial charge >= 0.3 is 0 Å². The Bertz CT molecular complexity index is 674. The van der Waals surface area contributed by atoms with Crippen LogP contribution in [-0.4, -0.2) is 72.8 Å². The summed E-state index contributed by atoms with van der Waals surface area (Å²) in [6.07, 6.45) is -1.08. The molecule has 0 bridgehead atoms. The molecule has 0 amide bonds. The largest absolute Gasteiger partial charge is 0.394 e. The Balaban J connectivity index is 2.02.